The van der Waals surface area contributed by atoms with Crippen LogP contribution in [-0.2, 0) is 7.05 Å². The first-order valence-electron chi connectivity index (χ1n) is 6.23. The predicted octanol–water partition coefficient (Wildman–Crippen LogP) is 2.76. The fourth-order valence-electron chi connectivity index (χ4n) is 2.13. The van der Waals surface area contributed by atoms with E-state index in [1.807, 2.05) is 17.9 Å². The van der Waals surface area contributed by atoms with Crippen LogP contribution in [0.4, 0.5) is 0 Å². The standard InChI is InChI=1S/C16H15N2P.BrH/c1-18-13-16(12-17-18)19(14-8-4-2-5-9-14)15-10-6-3-7-11-15;/h2-13H,1H3;1H. The number of halogens is 1. The largest absolute Gasteiger partial charge is 0.275 e. The van der Waals surface area contributed by atoms with Gasteiger partial charge < -0.3 is 0 Å². The smallest absolute Gasteiger partial charge is 0.0573 e. The van der Waals surface area contributed by atoms with Crippen molar-refractivity contribution in [1.82, 2.24) is 9.78 Å². The molecule has 0 bridgehead atoms. The monoisotopic (exact) mass is 346 g/mol. The van der Waals surface area contributed by atoms with Gasteiger partial charge in [-0.3, -0.25) is 4.68 Å². The van der Waals surface area contributed by atoms with Gasteiger partial charge >= 0.3 is 0 Å². The summed E-state index contributed by atoms with van der Waals surface area (Å²) in [6.07, 6.45) is 4.09. The number of hydrogen-bond donors (Lipinski definition) is 0. The minimum Gasteiger partial charge on any atom is -0.275 e. The van der Waals surface area contributed by atoms with Crippen molar-refractivity contribution in [1.29, 1.82) is 0 Å². The fraction of sp³-hybridized carbons (Fsp3) is 0.0625. The fourth-order valence-corrected chi connectivity index (χ4v) is 4.41. The number of rotatable bonds is 3. The van der Waals surface area contributed by atoms with Gasteiger partial charge in [0, 0.05) is 18.5 Å². The highest BCUT2D eigenvalue weighted by molar-refractivity contribution is 8.93. The summed E-state index contributed by atoms with van der Waals surface area (Å²) in [4.78, 5) is 0. The zero-order valence-electron chi connectivity index (χ0n) is 11.2. The van der Waals surface area contributed by atoms with Crippen LogP contribution in [0.15, 0.2) is 73.1 Å². The molecule has 2 aromatic carbocycles. The summed E-state index contributed by atoms with van der Waals surface area (Å²) in [6, 6.07) is 21.3. The van der Waals surface area contributed by atoms with Gasteiger partial charge in [-0.2, -0.15) is 5.10 Å². The van der Waals surface area contributed by atoms with E-state index in [1.165, 1.54) is 15.9 Å². The molecule has 0 aliphatic heterocycles. The molecule has 0 amide bonds. The molecule has 2 nitrogen and oxygen atoms in total. The minimum atomic E-state index is -0.508. The Morgan fingerprint density at radius 2 is 1.30 bits per heavy atom. The Morgan fingerprint density at radius 3 is 1.70 bits per heavy atom. The molecule has 0 aliphatic rings. The van der Waals surface area contributed by atoms with E-state index in [-0.39, 0.29) is 17.0 Å². The number of aryl methyl sites for hydroxylation is 1. The van der Waals surface area contributed by atoms with Crippen LogP contribution in [-0.4, -0.2) is 9.78 Å². The highest BCUT2D eigenvalue weighted by Crippen LogP contribution is 2.31. The molecular formula is C16H16BrN2P. The molecule has 3 rings (SSSR count). The maximum atomic E-state index is 4.32. The summed E-state index contributed by atoms with van der Waals surface area (Å²) in [5.74, 6) is 0. The molecule has 4 heteroatoms. The summed E-state index contributed by atoms with van der Waals surface area (Å²) in [5.41, 5.74) is 0. The van der Waals surface area contributed by atoms with Gasteiger partial charge in [0.2, 0.25) is 0 Å². The van der Waals surface area contributed by atoms with Gasteiger partial charge in [0.1, 0.15) is 0 Å². The second-order valence-corrected chi connectivity index (χ2v) is 6.60. The summed E-state index contributed by atoms with van der Waals surface area (Å²) in [7, 11) is 1.46. The van der Waals surface area contributed by atoms with Crippen molar-refractivity contribution in [3.8, 4) is 0 Å². The molecule has 0 aliphatic carbocycles. The van der Waals surface area contributed by atoms with Gasteiger partial charge in [0.05, 0.1) is 6.20 Å². The van der Waals surface area contributed by atoms with E-state index in [9.17, 15) is 0 Å². The Hall–Kier alpha value is -1.44. The van der Waals surface area contributed by atoms with Crippen LogP contribution >= 0.6 is 24.9 Å². The van der Waals surface area contributed by atoms with Crippen LogP contribution in [0.5, 0.6) is 0 Å². The van der Waals surface area contributed by atoms with Crippen molar-refractivity contribution in [2.45, 2.75) is 0 Å². The molecule has 0 saturated heterocycles. The molecule has 1 aromatic heterocycles. The van der Waals surface area contributed by atoms with Crippen LogP contribution < -0.4 is 15.9 Å². The molecule has 0 atom stereocenters. The van der Waals surface area contributed by atoms with E-state index in [2.05, 4.69) is 72.0 Å². The number of hydrogen-bond acceptors (Lipinski definition) is 1. The lowest BCUT2D eigenvalue weighted by Gasteiger charge is -2.16. The number of benzene rings is 2. The van der Waals surface area contributed by atoms with Crippen molar-refractivity contribution < 1.29 is 0 Å². The van der Waals surface area contributed by atoms with Gasteiger partial charge in [-0.1, -0.05) is 60.7 Å². The van der Waals surface area contributed by atoms with Crippen molar-refractivity contribution in [3.05, 3.63) is 73.1 Å². The molecule has 0 N–H and O–H groups in total. The van der Waals surface area contributed by atoms with Crippen LogP contribution in [0.2, 0.25) is 0 Å². The van der Waals surface area contributed by atoms with Crippen molar-refractivity contribution in [3.63, 3.8) is 0 Å². The SMILES string of the molecule is Br.Cn1cc(P(c2ccccc2)c2ccccc2)cn1. The normalized spacial score (nSPS) is 10.3. The predicted molar refractivity (Wildman–Crippen MR) is 92.2 cm³/mol. The van der Waals surface area contributed by atoms with Crippen LogP contribution in [0.1, 0.15) is 0 Å². The summed E-state index contributed by atoms with van der Waals surface area (Å²) in [6.45, 7) is 0. The van der Waals surface area contributed by atoms with Gasteiger partial charge in [-0.25, -0.2) is 0 Å². The molecule has 0 spiro atoms. The molecule has 20 heavy (non-hydrogen) atoms. The lowest BCUT2D eigenvalue weighted by Crippen LogP contribution is -2.19. The molecule has 102 valence electrons. The average molecular weight is 347 g/mol. The quantitative estimate of drug-likeness (QED) is 0.667. The van der Waals surface area contributed by atoms with Crippen LogP contribution in [0.3, 0.4) is 0 Å². The summed E-state index contributed by atoms with van der Waals surface area (Å²) in [5, 5.41) is 8.32. The van der Waals surface area contributed by atoms with Crippen molar-refractivity contribution >= 4 is 40.8 Å². The zero-order chi connectivity index (χ0) is 13.1. The number of nitrogens with zero attached hydrogens (tertiary/aromatic N) is 2. The third-order valence-electron chi connectivity index (χ3n) is 2.98. The van der Waals surface area contributed by atoms with Gasteiger partial charge in [-0.15, -0.1) is 17.0 Å². The maximum Gasteiger partial charge on any atom is 0.0573 e. The van der Waals surface area contributed by atoms with Crippen molar-refractivity contribution in [2.75, 3.05) is 0 Å². The van der Waals surface area contributed by atoms with Gasteiger partial charge in [0.25, 0.3) is 0 Å². The van der Waals surface area contributed by atoms with Gasteiger partial charge in [-0.05, 0) is 18.5 Å². The van der Waals surface area contributed by atoms with Crippen molar-refractivity contribution in [2.24, 2.45) is 7.05 Å². The Labute approximate surface area is 131 Å². The molecule has 3 aromatic rings. The van der Waals surface area contributed by atoms with E-state index in [1.54, 1.807) is 0 Å². The lowest BCUT2D eigenvalue weighted by molar-refractivity contribution is 0.768. The van der Waals surface area contributed by atoms with E-state index in [0.29, 0.717) is 0 Å². The minimum absolute atomic E-state index is 0. The summed E-state index contributed by atoms with van der Waals surface area (Å²) < 4.78 is 1.87. The highest BCUT2D eigenvalue weighted by atomic mass is 79.9. The maximum absolute atomic E-state index is 4.32. The van der Waals surface area contributed by atoms with E-state index in [0.717, 1.165) is 0 Å². The molecule has 1 heterocycles. The second kappa shape index (κ2) is 6.83. The Bertz CT molecular complexity index is 613. The molecule has 0 saturated carbocycles. The van der Waals surface area contributed by atoms with E-state index >= 15 is 0 Å². The Morgan fingerprint density at radius 1 is 0.800 bits per heavy atom. The van der Waals surface area contributed by atoms with E-state index < -0.39 is 7.92 Å². The number of aromatic nitrogens is 2. The first-order chi connectivity index (χ1) is 9.34. The molecule has 0 unspecified atom stereocenters. The van der Waals surface area contributed by atoms with Crippen LogP contribution in [0, 0.1) is 0 Å². The average Bonchev–Trinajstić information content (AvgIpc) is 2.88. The van der Waals surface area contributed by atoms with E-state index in [4.69, 9.17) is 0 Å². The first kappa shape index (κ1) is 15.0. The third kappa shape index (κ3) is 3.17. The second-order valence-electron chi connectivity index (χ2n) is 4.38. The van der Waals surface area contributed by atoms with Crippen LogP contribution in [0.25, 0.3) is 0 Å². The molecule has 0 fully saturated rings. The highest BCUT2D eigenvalue weighted by Gasteiger charge is 2.17. The molecule has 0 radical (unpaired) electrons. The summed E-state index contributed by atoms with van der Waals surface area (Å²) >= 11 is 0. The first-order valence-corrected chi connectivity index (χ1v) is 7.57. The molecular weight excluding hydrogens is 331 g/mol. The Balaban J connectivity index is 0.00000147. The zero-order valence-corrected chi connectivity index (χ0v) is 13.8. The third-order valence-corrected chi connectivity index (χ3v) is 5.35. The topological polar surface area (TPSA) is 17.8 Å². The lowest BCUT2D eigenvalue weighted by atomic mass is 10.4. The Kier molecular flexibility index (Phi) is 5.11. The van der Waals surface area contributed by atoms with Gasteiger partial charge in [0.15, 0.2) is 0 Å².